The number of nitrogens with one attached hydrogen (secondary N) is 3. The first-order chi connectivity index (χ1) is 12.1. The van der Waals surface area contributed by atoms with E-state index < -0.39 is 0 Å². The highest BCUT2D eigenvalue weighted by Crippen LogP contribution is 2.07. The zero-order valence-electron chi connectivity index (χ0n) is 15.2. The van der Waals surface area contributed by atoms with E-state index in [4.69, 9.17) is 0 Å². The zero-order chi connectivity index (χ0) is 18.1. The van der Waals surface area contributed by atoms with Crippen molar-refractivity contribution in [3.05, 3.63) is 70.8 Å². The van der Waals surface area contributed by atoms with Crippen molar-refractivity contribution in [1.82, 2.24) is 16.0 Å². The Kier molecular flexibility index (Phi) is 9.41. The maximum atomic E-state index is 12.3. The number of halogens is 1. The smallest absolute Gasteiger partial charge is 0.251 e. The molecule has 0 saturated heterocycles. The molecule has 0 aromatic heterocycles. The van der Waals surface area contributed by atoms with Gasteiger partial charge in [-0.25, -0.2) is 0 Å². The Morgan fingerprint density at radius 1 is 0.923 bits per heavy atom. The van der Waals surface area contributed by atoms with Crippen molar-refractivity contribution in [3.8, 4) is 0 Å². The highest BCUT2D eigenvalue weighted by Gasteiger charge is 2.07. The summed E-state index contributed by atoms with van der Waals surface area (Å²) in [6.45, 7) is 3.59. The zero-order valence-corrected chi connectivity index (χ0v) is 16.0. The Labute approximate surface area is 161 Å². The molecular formula is C20H26ClN3O2. The monoisotopic (exact) mass is 375 g/mol. The Hall–Kier alpha value is -2.37. The van der Waals surface area contributed by atoms with Crippen molar-refractivity contribution < 1.29 is 9.59 Å². The molecule has 0 radical (unpaired) electrons. The molecule has 0 atom stereocenters. The van der Waals surface area contributed by atoms with Crippen LogP contribution in [0.25, 0.3) is 0 Å². The van der Waals surface area contributed by atoms with Crippen LogP contribution in [0.2, 0.25) is 0 Å². The Bertz CT molecular complexity index is 717. The predicted molar refractivity (Wildman–Crippen MR) is 106 cm³/mol. The van der Waals surface area contributed by atoms with E-state index in [9.17, 15) is 9.59 Å². The van der Waals surface area contributed by atoms with Gasteiger partial charge in [0.15, 0.2) is 0 Å². The van der Waals surface area contributed by atoms with Gasteiger partial charge in [-0.2, -0.15) is 0 Å². The quantitative estimate of drug-likeness (QED) is 0.664. The molecule has 0 spiro atoms. The minimum atomic E-state index is -0.121. The average molecular weight is 376 g/mol. The molecule has 6 heteroatoms. The van der Waals surface area contributed by atoms with Gasteiger partial charge in [0.25, 0.3) is 5.91 Å². The Balaban J connectivity index is 0.00000338. The number of rotatable bonds is 8. The van der Waals surface area contributed by atoms with Gasteiger partial charge >= 0.3 is 0 Å². The number of carbonyl (C=O) groups is 2. The van der Waals surface area contributed by atoms with Crippen LogP contribution in [-0.4, -0.2) is 25.4 Å². The van der Waals surface area contributed by atoms with Crippen LogP contribution in [0.3, 0.4) is 0 Å². The molecule has 2 aromatic rings. The van der Waals surface area contributed by atoms with Crippen molar-refractivity contribution in [2.45, 2.75) is 26.4 Å². The molecule has 0 aliphatic heterocycles. The first-order valence-electron chi connectivity index (χ1n) is 8.42. The van der Waals surface area contributed by atoms with E-state index in [1.165, 1.54) is 5.56 Å². The molecule has 3 N–H and O–H groups in total. The molecule has 2 rings (SSSR count). The van der Waals surface area contributed by atoms with Crippen LogP contribution in [0.15, 0.2) is 48.5 Å². The van der Waals surface area contributed by atoms with Crippen molar-refractivity contribution in [1.29, 1.82) is 0 Å². The molecule has 0 bridgehead atoms. The third-order valence-corrected chi connectivity index (χ3v) is 3.85. The second-order valence-corrected chi connectivity index (χ2v) is 6.00. The maximum Gasteiger partial charge on any atom is 0.251 e. The molecule has 0 unspecified atom stereocenters. The molecule has 140 valence electrons. The number of amides is 2. The SMILES string of the molecule is CNCCC(=O)NCc1cccc(C(=O)NCc2ccc(C)cc2)c1.Cl. The highest BCUT2D eigenvalue weighted by molar-refractivity contribution is 5.94. The normalized spacial score (nSPS) is 9.92. The molecule has 0 aliphatic rings. The molecular weight excluding hydrogens is 350 g/mol. The molecule has 2 aromatic carbocycles. The lowest BCUT2D eigenvalue weighted by atomic mass is 10.1. The summed E-state index contributed by atoms with van der Waals surface area (Å²) in [4.78, 5) is 24.0. The van der Waals surface area contributed by atoms with E-state index in [1.54, 1.807) is 6.07 Å². The van der Waals surface area contributed by atoms with Gasteiger partial charge in [0.1, 0.15) is 0 Å². The third kappa shape index (κ3) is 7.25. The summed E-state index contributed by atoms with van der Waals surface area (Å²) in [7, 11) is 1.81. The number of aryl methyl sites for hydroxylation is 1. The summed E-state index contributed by atoms with van der Waals surface area (Å²) in [6, 6.07) is 15.4. The van der Waals surface area contributed by atoms with E-state index in [1.807, 2.05) is 56.4 Å². The van der Waals surface area contributed by atoms with Gasteiger partial charge < -0.3 is 16.0 Å². The number of hydrogen-bond donors (Lipinski definition) is 3. The van der Waals surface area contributed by atoms with Gasteiger partial charge in [0.2, 0.25) is 5.91 Å². The largest absolute Gasteiger partial charge is 0.352 e. The van der Waals surface area contributed by atoms with Crippen molar-refractivity contribution in [2.24, 2.45) is 0 Å². The lowest BCUT2D eigenvalue weighted by Gasteiger charge is -2.09. The van der Waals surface area contributed by atoms with Gasteiger partial charge in [-0.3, -0.25) is 9.59 Å². The molecule has 0 fully saturated rings. The first-order valence-corrected chi connectivity index (χ1v) is 8.42. The summed E-state index contributed by atoms with van der Waals surface area (Å²) in [5.41, 5.74) is 3.75. The maximum absolute atomic E-state index is 12.3. The van der Waals surface area contributed by atoms with Gasteiger partial charge in [-0.05, 0) is 37.2 Å². The number of hydrogen-bond acceptors (Lipinski definition) is 3. The second-order valence-electron chi connectivity index (χ2n) is 6.00. The second kappa shape index (κ2) is 11.3. The van der Waals surface area contributed by atoms with Crippen LogP contribution >= 0.6 is 12.4 Å². The lowest BCUT2D eigenvalue weighted by Crippen LogP contribution is -2.26. The van der Waals surface area contributed by atoms with Crippen LogP contribution in [0.4, 0.5) is 0 Å². The van der Waals surface area contributed by atoms with Crippen LogP contribution in [0.5, 0.6) is 0 Å². The lowest BCUT2D eigenvalue weighted by molar-refractivity contribution is -0.121. The summed E-state index contributed by atoms with van der Waals surface area (Å²) >= 11 is 0. The summed E-state index contributed by atoms with van der Waals surface area (Å²) < 4.78 is 0. The Morgan fingerprint density at radius 2 is 1.62 bits per heavy atom. The molecule has 26 heavy (non-hydrogen) atoms. The Morgan fingerprint density at radius 3 is 2.31 bits per heavy atom. The van der Waals surface area contributed by atoms with E-state index in [0.717, 1.165) is 11.1 Å². The minimum Gasteiger partial charge on any atom is -0.352 e. The highest BCUT2D eigenvalue weighted by atomic mass is 35.5. The molecule has 0 aliphatic carbocycles. The van der Waals surface area contributed by atoms with Crippen molar-refractivity contribution in [2.75, 3.05) is 13.6 Å². The van der Waals surface area contributed by atoms with Crippen LogP contribution in [0, 0.1) is 6.92 Å². The third-order valence-electron chi connectivity index (χ3n) is 3.85. The fourth-order valence-electron chi connectivity index (χ4n) is 2.34. The van der Waals surface area contributed by atoms with E-state index in [-0.39, 0.29) is 24.2 Å². The molecule has 5 nitrogen and oxygen atoms in total. The van der Waals surface area contributed by atoms with Gasteiger partial charge in [-0.1, -0.05) is 42.0 Å². The van der Waals surface area contributed by atoms with E-state index in [0.29, 0.717) is 31.6 Å². The van der Waals surface area contributed by atoms with E-state index >= 15 is 0 Å². The minimum absolute atomic E-state index is 0. The molecule has 2 amide bonds. The van der Waals surface area contributed by atoms with Crippen LogP contribution in [-0.2, 0) is 17.9 Å². The van der Waals surface area contributed by atoms with Crippen LogP contribution in [0.1, 0.15) is 33.5 Å². The van der Waals surface area contributed by atoms with Crippen LogP contribution < -0.4 is 16.0 Å². The average Bonchev–Trinajstić information content (AvgIpc) is 2.64. The van der Waals surface area contributed by atoms with Gasteiger partial charge in [-0.15, -0.1) is 12.4 Å². The summed E-state index contributed by atoms with van der Waals surface area (Å²) in [5.74, 6) is -0.132. The first kappa shape index (κ1) is 21.7. The summed E-state index contributed by atoms with van der Waals surface area (Å²) in [6.07, 6.45) is 0.438. The molecule has 0 heterocycles. The van der Waals surface area contributed by atoms with Gasteiger partial charge in [0, 0.05) is 31.6 Å². The topological polar surface area (TPSA) is 70.2 Å². The van der Waals surface area contributed by atoms with E-state index in [2.05, 4.69) is 16.0 Å². The number of benzene rings is 2. The predicted octanol–water partition coefficient (Wildman–Crippen LogP) is 2.57. The van der Waals surface area contributed by atoms with Gasteiger partial charge in [0.05, 0.1) is 0 Å². The van der Waals surface area contributed by atoms with Crippen molar-refractivity contribution >= 4 is 24.2 Å². The van der Waals surface area contributed by atoms with Crippen molar-refractivity contribution in [3.63, 3.8) is 0 Å². The standard InChI is InChI=1S/C20H25N3O2.ClH/c1-15-6-8-16(9-7-15)13-23-20(25)18-5-3-4-17(12-18)14-22-19(24)10-11-21-2;/h3-9,12,21H,10-11,13-14H2,1-2H3,(H,22,24)(H,23,25);1H. The number of carbonyl (C=O) groups excluding carboxylic acids is 2. The molecule has 0 saturated carbocycles. The summed E-state index contributed by atoms with van der Waals surface area (Å²) in [5, 5.41) is 8.71. The fraction of sp³-hybridized carbons (Fsp3) is 0.300. The fourth-order valence-corrected chi connectivity index (χ4v) is 2.34.